The zero-order valence-corrected chi connectivity index (χ0v) is 39.4. The lowest BCUT2D eigenvalue weighted by atomic mass is 10.1. The number of ether oxygens (including phenoxy) is 2. The average Bonchev–Trinajstić information content (AvgIpc) is 3.17. The average molecular weight is 843 g/mol. The molecular formula is C48H93NO8P+. The number of quaternary nitrogens is 1. The second-order valence-electron chi connectivity index (χ2n) is 17.5. The molecule has 0 aromatic carbocycles. The quantitative estimate of drug-likeness (QED) is 0.0212. The van der Waals surface area contributed by atoms with Crippen molar-refractivity contribution in [1.29, 1.82) is 0 Å². The van der Waals surface area contributed by atoms with Crippen LogP contribution in [-0.4, -0.2) is 74.9 Å². The summed E-state index contributed by atoms with van der Waals surface area (Å²) >= 11 is 0. The fourth-order valence-corrected chi connectivity index (χ4v) is 7.42. The zero-order valence-electron chi connectivity index (χ0n) is 38.5. The van der Waals surface area contributed by atoms with Crippen LogP contribution < -0.4 is 0 Å². The molecule has 0 rings (SSSR count). The van der Waals surface area contributed by atoms with Crippen LogP contribution in [0.3, 0.4) is 0 Å². The van der Waals surface area contributed by atoms with Gasteiger partial charge >= 0.3 is 19.8 Å². The van der Waals surface area contributed by atoms with Gasteiger partial charge in [0.05, 0.1) is 27.7 Å². The number of carbonyl (C=O) groups is 2. The third kappa shape index (κ3) is 44.1. The van der Waals surface area contributed by atoms with E-state index in [0.29, 0.717) is 23.9 Å². The Morgan fingerprint density at radius 3 is 1.34 bits per heavy atom. The Labute approximate surface area is 358 Å². The van der Waals surface area contributed by atoms with Crippen molar-refractivity contribution >= 4 is 19.8 Å². The van der Waals surface area contributed by atoms with Gasteiger partial charge in [-0.1, -0.05) is 179 Å². The molecule has 0 saturated carbocycles. The second kappa shape index (κ2) is 40.9. The van der Waals surface area contributed by atoms with Gasteiger partial charge in [0.25, 0.3) is 0 Å². The van der Waals surface area contributed by atoms with Gasteiger partial charge in [0.2, 0.25) is 0 Å². The van der Waals surface area contributed by atoms with Crippen LogP contribution in [0.2, 0.25) is 0 Å². The predicted molar refractivity (Wildman–Crippen MR) is 243 cm³/mol. The minimum Gasteiger partial charge on any atom is -0.462 e. The van der Waals surface area contributed by atoms with Gasteiger partial charge < -0.3 is 18.9 Å². The summed E-state index contributed by atoms with van der Waals surface area (Å²) in [7, 11) is 1.47. The zero-order chi connectivity index (χ0) is 42.8. The first-order valence-electron chi connectivity index (χ1n) is 24.1. The van der Waals surface area contributed by atoms with E-state index in [1.165, 1.54) is 148 Å². The molecule has 0 fully saturated rings. The Bertz CT molecular complexity index is 1040. The van der Waals surface area contributed by atoms with Gasteiger partial charge in [-0.25, -0.2) is 4.57 Å². The molecule has 2 atom stereocenters. The van der Waals surface area contributed by atoms with Crippen molar-refractivity contribution in [2.75, 3.05) is 47.5 Å². The van der Waals surface area contributed by atoms with E-state index < -0.39 is 32.5 Å². The molecule has 0 aliphatic carbocycles. The summed E-state index contributed by atoms with van der Waals surface area (Å²) in [4.78, 5) is 35.4. The summed E-state index contributed by atoms with van der Waals surface area (Å²) in [5.74, 6) is -0.850. The lowest BCUT2D eigenvalue weighted by molar-refractivity contribution is -0.870. The maximum Gasteiger partial charge on any atom is 0.472 e. The topological polar surface area (TPSA) is 108 Å². The third-order valence-electron chi connectivity index (χ3n) is 10.5. The Balaban J connectivity index is 4.31. The van der Waals surface area contributed by atoms with Crippen molar-refractivity contribution in [3.8, 4) is 0 Å². The van der Waals surface area contributed by atoms with E-state index >= 15 is 0 Å². The number of hydrogen-bond donors (Lipinski definition) is 1. The number of phosphoric acid groups is 1. The van der Waals surface area contributed by atoms with E-state index in [0.717, 1.165) is 32.1 Å². The molecule has 342 valence electrons. The molecule has 0 aliphatic heterocycles. The molecule has 1 unspecified atom stereocenters. The summed E-state index contributed by atoms with van der Waals surface area (Å²) in [6.45, 7) is 4.40. The number of phosphoric ester groups is 1. The van der Waals surface area contributed by atoms with Gasteiger partial charge in [-0.05, 0) is 51.4 Å². The van der Waals surface area contributed by atoms with E-state index in [1.807, 2.05) is 27.2 Å². The Morgan fingerprint density at radius 2 is 0.914 bits per heavy atom. The van der Waals surface area contributed by atoms with Crippen LogP contribution in [-0.2, 0) is 32.7 Å². The molecule has 0 spiro atoms. The SMILES string of the molecule is CCCCCCCC/C=C/CCCCCCCCCCCC(=O)O[C@H](COC(=O)CC/C=C/CCCCCCCCCCCCC)COP(=O)(O)OCC[N+](C)(C)C. The van der Waals surface area contributed by atoms with Crippen molar-refractivity contribution in [2.24, 2.45) is 0 Å². The van der Waals surface area contributed by atoms with Crippen molar-refractivity contribution < 1.29 is 42.1 Å². The number of nitrogens with zero attached hydrogens (tertiary/aromatic N) is 1. The van der Waals surface area contributed by atoms with Gasteiger partial charge in [-0.15, -0.1) is 0 Å². The molecule has 0 amide bonds. The maximum atomic E-state index is 12.7. The number of allylic oxidation sites excluding steroid dienone is 4. The Hall–Kier alpha value is -1.51. The molecule has 58 heavy (non-hydrogen) atoms. The first kappa shape index (κ1) is 56.5. The monoisotopic (exact) mass is 843 g/mol. The second-order valence-corrected chi connectivity index (χ2v) is 18.9. The molecule has 10 heteroatoms. The highest BCUT2D eigenvalue weighted by molar-refractivity contribution is 7.47. The van der Waals surface area contributed by atoms with E-state index in [9.17, 15) is 19.0 Å². The smallest absolute Gasteiger partial charge is 0.462 e. The van der Waals surface area contributed by atoms with Crippen LogP contribution in [0.15, 0.2) is 24.3 Å². The number of likely N-dealkylation sites (N-methyl/N-ethyl adjacent to an activating group) is 1. The molecule has 0 aliphatic rings. The third-order valence-corrected chi connectivity index (χ3v) is 11.5. The summed E-state index contributed by atoms with van der Waals surface area (Å²) < 4.78 is 34.3. The molecular weight excluding hydrogens is 750 g/mol. The predicted octanol–water partition coefficient (Wildman–Crippen LogP) is 13.9. The number of rotatable bonds is 44. The Kier molecular flexibility index (Phi) is 39.8. The van der Waals surface area contributed by atoms with E-state index in [2.05, 4.69) is 32.1 Å². The molecule has 0 bridgehead atoms. The highest BCUT2D eigenvalue weighted by Gasteiger charge is 2.27. The molecule has 1 N–H and O–H groups in total. The first-order chi connectivity index (χ1) is 28.0. The van der Waals surface area contributed by atoms with Crippen molar-refractivity contribution in [2.45, 2.75) is 225 Å². The number of unbranched alkanes of at least 4 members (excludes halogenated alkanes) is 26. The standard InChI is InChI=1S/C48H92NO8P/c1-6-8-10-12-14-16-18-20-22-23-24-25-27-29-31-33-35-37-39-41-48(51)57-46(45-56-58(52,53)55-43-42-49(3,4)5)44-54-47(50)40-38-36-34-32-30-28-26-21-19-17-15-13-11-9-7-2/h20,22,34,36,46H,6-19,21,23-33,35,37-45H2,1-5H3/p+1/b22-20+,36-34+/t46-/m1/s1. The molecule has 0 radical (unpaired) electrons. The fraction of sp³-hybridized carbons (Fsp3) is 0.875. The number of hydrogen-bond acceptors (Lipinski definition) is 7. The van der Waals surface area contributed by atoms with Gasteiger partial charge in [0.1, 0.15) is 19.8 Å². The van der Waals surface area contributed by atoms with E-state index in [-0.39, 0.29) is 26.1 Å². The summed E-state index contributed by atoms with van der Waals surface area (Å²) in [6, 6.07) is 0. The van der Waals surface area contributed by atoms with Crippen LogP contribution in [0.1, 0.15) is 219 Å². The number of esters is 2. The lowest BCUT2D eigenvalue weighted by Crippen LogP contribution is -2.37. The summed E-state index contributed by atoms with van der Waals surface area (Å²) in [5.41, 5.74) is 0. The molecule has 0 aromatic heterocycles. The molecule has 0 saturated heterocycles. The first-order valence-corrected chi connectivity index (χ1v) is 25.6. The maximum absolute atomic E-state index is 12.7. The summed E-state index contributed by atoms with van der Waals surface area (Å²) in [6.07, 6.45) is 45.2. The van der Waals surface area contributed by atoms with Gasteiger partial charge in [0.15, 0.2) is 6.10 Å². The van der Waals surface area contributed by atoms with Crippen LogP contribution in [0.5, 0.6) is 0 Å². The van der Waals surface area contributed by atoms with Crippen LogP contribution in [0.4, 0.5) is 0 Å². The summed E-state index contributed by atoms with van der Waals surface area (Å²) in [5, 5.41) is 0. The molecule has 0 aromatic rings. The lowest BCUT2D eigenvalue weighted by Gasteiger charge is -2.24. The molecule has 9 nitrogen and oxygen atoms in total. The van der Waals surface area contributed by atoms with Crippen molar-refractivity contribution in [3.63, 3.8) is 0 Å². The van der Waals surface area contributed by atoms with E-state index in [4.69, 9.17) is 18.5 Å². The van der Waals surface area contributed by atoms with Gasteiger partial charge in [-0.3, -0.25) is 18.6 Å². The fourth-order valence-electron chi connectivity index (χ4n) is 6.67. The largest absolute Gasteiger partial charge is 0.472 e. The number of carbonyl (C=O) groups excluding carboxylic acids is 2. The minimum absolute atomic E-state index is 0.0283. The molecule has 0 heterocycles. The normalized spacial score (nSPS) is 13.7. The minimum atomic E-state index is -4.38. The van der Waals surface area contributed by atoms with Crippen LogP contribution in [0, 0.1) is 0 Å². The van der Waals surface area contributed by atoms with Gasteiger partial charge in [0, 0.05) is 12.8 Å². The van der Waals surface area contributed by atoms with Crippen LogP contribution >= 0.6 is 7.82 Å². The Morgan fingerprint density at radius 1 is 0.517 bits per heavy atom. The van der Waals surface area contributed by atoms with Crippen LogP contribution in [0.25, 0.3) is 0 Å². The highest BCUT2D eigenvalue weighted by atomic mass is 31.2. The van der Waals surface area contributed by atoms with Crippen molar-refractivity contribution in [3.05, 3.63) is 24.3 Å². The van der Waals surface area contributed by atoms with E-state index in [1.54, 1.807) is 0 Å². The van der Waals surface area contributed by atoms with Crippen molar-refractivity contribution in [1.82, 2.24) is 0 Å². The van der Waals surface area contributed by atoms with Gasteiger partial charge in [-0.2, -0.15) is 0 Å². The highest BCUT2D eigenvalue weighted by Crippen LogP contribution is 2.43.